The van der Waals surface area contributed by atoms with Crippen LogP contribution in [0.15, 0.2) is 24.4 Å². The quantitative estimate of drug-likeness (QED) is 0.854. The molecule has 0 bridgehead atoms. The normalized spacial score (nSPS) is 12.7. The molecule has 90 valence electrons. The summed E-state index contributed by atoms with van der Waals surface area (Å²) in [5.74, 6) is 0. The minimum absolute atomic E-state index is 0.0614. The summed E-state index contributed by atoms with van der Waals surface area (Å²) in [6.45, 7) is 2.02. The van der Waals surface area contributed by atoms with Gasteiger partial charge in [0.25, 0.3) is 0 Å². The Hall–Kier alpha value is -0.660. The molecule has 0 saturated heterocycles. The number of rotatable bonds is 3. The first-order chi connectivity index (χ1) is 8.11. The average Bonchev–Trinajstić information content (AvgIpc) is 2.77. The van der Waals surface area contributed by atoms with Crippen molar-refractivity contribution in [3.63, 3.8) is 0 Å². The summed E-state index contributed by atoms with van der Waals surface area (Å²) in [6.07, 6.45) is 2.70. The van der Waals surface area contributed by atoms with Crippen LogP contribution in [0.25, 0.3) is 5.69 Å². The summed E-state index contributed by atoms with van der Waals surface area (Å²) in [7, 11) is 0. The number of halogens is 2. The monoisotopic (exact) mass is 362 g/mol. The molecule has 1 unspecified atom stereocenters. The second-order valence-corrected chi connectivity index (χ2v) is 5.30. The van der Waals surface area contributed by atoms with Crippen molar-refractivity contribution in [2.75, 3.05) is 0 Å². The van der Waals surface area contributed by atoms with Crippen molar-refractivity contribution in [3.8, 4) is 5.69 Å². The summed E-state index contributed by atoms with van der Waals surface area (Å²) in [6, 6.07) is 5.58. The maximum atomic E-state index is 5.91. The van der Waals surface area contributed by atoms with Crippen LogP contribution >= 0.6 is 34.2 Å². The molecule has 0 aliphatic carbocycles. The van der Waals surface area contributed by atoms with E-state index in [4.69, 9.17) is 17.3 Å². The van der Waals surface area contributed by atoms with Gasteiger partial charge >= 0.3 is 0 Å². The third-order valence-corrected chi connectivity index (χ3v) is 3.59. The van der Waals surface area contributed by atoms with Crippen LogP contribution in [0, 0.1) is 3.57 Å². The van der Waals surface area contributed by atoms with Crippen molar-refractivity contribution in [2.24, 2.45) is 5.73 Å². The number of benzene rings is 1. The smallest absolute Gasteiger partial charge is 0.0998 e. The molecule has 2 aromatic rings. The van der Waals surface area contributed by atoms with Crippen LogP contribution in [0.1, 0.15) is 25.1 Å². The SMILES string of the molecule is CCC(N)c1cn(-c2ccc(Cl)cc2I)nn1. The fourth-order valence-electron chi connectivity index (χ4n) is 1.44. The molecule has 0 amide bonds. The Morgan fingerprint density at radius 2 is 2.29 bits per heavy atom. The van der Waals surface area contributed by atoms with Crippen molar-refractivity contribution in [2.45, 2.75) is 19.4 Å². The molecule has 1 atom stereocenters. The van der Waals surface area contributed by atoms with Crippen LogP contribution in [0.2, 0.25) is 5.02 Å². The Balaban J connectivity index is 2.37. The summed E-state index contributed by atoms with van der Waals surface area (Å²) in [5.41, 5.74) is 7.67. The van der Waals surface area contributed by atoms with Gasteiger partial charge in [-0.25, -0.2) is 4.68 Å². The van der Waals surface area contributed by atoms with Gasteiger partial charge in [0.05, 0.1) is 23.6 Å². The van der Waals surface area contributed by atoms with E-state index in [-0.39, 0.29) is 6.04 Å². The van der Waals surface area contributed by atoms with Crippen molar-refractivity contribution in [3.05, 3.63) is 38.7 Å². The van der Waals surface area contributed by atoms with E-state index in [2.05, 4.69) is 32.9 Å². The molecule has 17 heavy (non-hydrogen) atoms. The highest BCUT2D eigenvalue weighted by molar-refractivity contribution is 14.1. The van der Waals surface area contributed by atoms with Gasteiger partial charge < -0.3 is 5.73 Å². The highest BCUT2D eigenvalue weighted by atomic mass is 127. The number of nitrogens with two attached hydrogens (primary N) is 1. The van der Waals surface area contributed by atoms with Crippen LogP contribution < -0.4 is 5.73 Å². The van der Waals surface area contributed by atoms with Gasteiger partial charge in [0.1, 0.15) is 0 Å². The summed E-state index contributed by atoms with van der Waals surface area (Å²) in [4.78, 5) is 0. The van der Waals surface area contributed by atoms with Crippen LogP contribution in [-0.2, 0) is 0 Å². The molecule has 0 aliphatic rings. The lowest BCUT2D eigenvalue weighted by Gasteiger charge is -2.04. The molecule has 1 aromatic carbocycles. The summed E-state index contributed by atoms with van der Waals surface area (Å²) in [5, 5.41) is 8.88. The number of hydrogen-bond donors (Lipinski definition) is 1. The fourth-order valence-corrected chi connectivity index (χ4v) is 2.56. The zero-order chi connectivity index (χ0) is 12.4. The maximum Gasteiger partial charge on any atom is 0.0998 e. The third-order valence-electron chi connectivity index (χ3n) is 2.49. The van der Waals surface area contributed by atoms with E-state index in [1.165, 1.54) is 0 Å². The first-order valence-electron chi connectivity index (χ1n) is 5.25. The average molecular weight is 363 g/mol. The molecule has 6 heteroatoms. The number of hydrogen-bond acceptors (Lipinski definition) is 3. The highest BCUT2D eigenvalue weighted by Crippen LogP contribution is 2.21. The Bertz CT molecular complexity index is 526. The molecular weight excluding hydrogens is 351 g/mol. The third kappa shape index (κ3) is 2.78. The van der Waals surface area contributed by atoms with E-state index >= 15 is 0 Å². The van der Waals surface area contributed by atoms with Crippen molar-refractivity contribution >= 4 is 34.2 Å². The lowest BCUT2D eigenvalue weighted by molar-refractivity contribution is 0.670. The summed E-state index contributed by atoms with van der Waals surface area (Å²) < 4.78 is 2.75. The molecule has 0 aliphatic heterocycles. The molecule has 2 rings (SSSR count). The van der Waals surface area contributed by atoms with Crippen LogP contribution in [-0.4, -0.2) is 15.0 Å². The van der Waals surface area contributed by atoms with Gasteiger partial charge in [-0.15, -0.1) is 5.10 Å². The van der Waals surface area contributed by atoms with E-state index < -0.39 is 0 Å². The van der Waals surface area contributed by atoms with E-state index in [0.29, 0.717) is 5.02 Å². The Morgan fingerprint density at radius 3 is 2.94 bits per heavy atom. The molecule has 1 heterocycles. The second kappa shape index (κ2) is 5.32. The molecule has 0 radical (unpaired) electrons. The van der Waals surface area contributed by atoms with Crippen LogP contribution in [0.4, 0.5) is 0 Å². The van der Waals surface area contributed by atoms with E-state index in [0.717, 1.165) is 21.4 Å². The van der Waals surface area contributed by atoms with Gasteiger partial charge in [0.2, 0.25) is 0 Å². The molecular formula is C11H12ClIN4. The Labute approximate surface area is 118 Å². The minimum Gasteiger partial charge on any atom is -0.323 e. The number of nitrogens with zero attached hydrogens (tertiary/aromatic N) is 3. The first kappa shape index (κ1) is 12.8. The van der Waals surface area contributed by atoms with Gasteiger partial charge in [-0.3, -0.25) is 0 Å². The maximum absolute atomic E-state index is 5.91. The predicted molar refractivity (Wildman–Crippen MR) is 76.3 cm³/mol. The van der Waals surface area contributed by atoms with E-state index in [1.807, 2.05) is 31.3 Å². The van der Waals surface area contributed by atoms with Gasteiger partial charge in [0.15, 0.2) is 0 Å². The van der Waals surface area contributed by atoms with Gasteiger partial charge in [0, 0.05) is 8.59 Å². The Kier molecular flexibility index (Phi) is 4.01. The van der Waals surface area contributed by atoms with E-state index in [1.54, 1.807) is 4.68 Å². The Morgan fingerprint density at radius 1 is 1.53 bits per heavy atom. The molecule has 2 N–H and O–H groups in total. The van der Waals surface area contributed by atoms with Gasteiger partial charge in [-0.2, -0.15) is 0 Å². The zero-order valence-electron chi connectivity index (χ0n) is 9.27. The number of aromatic nitrogens is 3. The topological polar surface area (TPSA) is 56.7 Å². The van der Waals surface area contributed by atoms with E-state index in [9.17, 15) is 0 Å². The van der Waals surface area contributed by atoms with Gasteiger partial charge in [-0.1, -0.05) is 23.7 Å². The minimum atomic E-state index is -0.0614. The molecule has 4 nitrogen and oxygen atoms in total. The zero-order valence-corrected chi connectivity index (χ0v) is 12.2. The molecule has 0 fully saturated rings. The first-order valence-corrected chi connectivity index (χ1v) is 6.70. The van der Waals surface area contributed by atoms with Gasteiger partial charge in [-0.05, 0) is 47.2 Å². The second-order valence-electron chi connectivity index (χ2n) is 3.70. The van der Waals surface area contributed by atoms with Crippen molar-refractivity contribution < 1.29 is 0 Å². The standard InChI is InChI=1S/C11H12ClIN4/c1-2-9(14)10-6-17(16-15-10)11-4-3-7(12)5-8(11)13/h3-6,9H,2,14H2,1H3. The molecule has 0 spiro atoms. The van der Waals surface area contributed by atoms with Crippen LogP contribution in [0.3, 0.4) is 0 Å². The summed E-state index contributed by atoms with van der Waals surface area (Å²) >= 11 is 8.13. The lowest BCUT2D eigenvalue weighted by atomic mass is 10.2. The largest absolute Gasteiger partial charge is 0.323 e. The van der Waals surface area contributed by atoms with Crippen molar-refractivity contribution in [1.29, 1.82) is 0 Å². The lowest BCUT2D eigenvalue weighted by Crippen LogP contribution is -2.08. The molecule has 0 saturated carbocycles. The molecule has 1 aromatic heterocycles. The predicted octanol–water partition coefficient (Wildman–Crippen LogP) is 2.94. The van der Waals surface area contributed by atoms with Crippen molar-refractivity contribution in [1.82, 2.24) is 15.0 Å². The fraction of sp³-hybridized carbons (Fsp3) is 0.273. The van der Waals surface area contributed by atoms with Crippen LogP contribution in [0.5, 0.6) is 0 Å². The highest BCUT2D eigenvalue weighted by Gasteiger charge is 2.10.